The van der Waals surface area contributed by atoms with E-state index in [0.29, 0.717) is 5.92 Å². The van der Waals surface area contributed by atoms with Gasteiger partial charge in [0.05, 0.1) is 0 Å². The Hall–Kier alpha value is -0.530. The summed E-state index contributed by atoms with van der Waals surface area (Å²) in [5, 5.41) is 3.04. The van der Waals surface area contributed by atoms with Gasteiger partial charge in [0, 0.05) is 12.5 Å². The summed E-state index contributed by atoms with van der Waals surface area (Å²) < 4.78 is 0. The molecule has 0 heterocycles. The summed E-state index contributed by atoms with van der Waals surface area (Å²) in [6, 6.07) is 0. The summed E-state index contributed by atoms with van der Waals surface area (Å²) >= 11 is 0. The minimum Gasteiger partial charge on any atom is -0.356 e. The Balaban J connectivity index is 3.80. The first-order chi connectivity index (χ1) is 7.11. The van der Waals surface area contributed by atoms with Crippen molar-refractivity contribution in [2.24, 2.45) is 11.8 Å². The van der Waals surface area contributed by atoms with Crippen molar-refractivity contribution in [1.29, 1.82) is 0 Å². The fourth-order valence-corrected chi connectivity index (χ4v) is 1.73. The van der Waals surface area contributed by atoms with Crippen molar-refractivity contribution >= 4 is 5.91 Å². The lowest BCUT2D eigenvalue weighted by atomic mass is 9.97. The van der Waals surface area contributed by atoms with Crippen LogP contribution in [0.1, 0.15) is 59.8 Å². The van der Waals surface area contributed by atoms with Crippen LogP contribution in [0.25, 0.3) is 0 Å². The third-order valence-electron chi connectivity index (χ3n) is 2.67. The minimum atomic E-state index is 0.243. The predicted octanol–water partition coefficient (Wildman–Crippen LogP) is 3.37. The number of carbonyl (C=O) groups excluding carboxylic acids is 1. The Morgan fingerprint density at radius 1 is 1.07 bits per heavy atom. The lowest BCUT2D eigenvalue weighted by Crippen LogP contribution is -2.31. The van der Waals surface area contributed by atoms with Gasteiger partial charge in [-0.3, -0.25) is 4.79 Å². The lowest BCUT2D eigenvalue weighted by Gasteiger charge is -2.15. The van der Waals surface area contributed by atoms with Crippen molar-refractivity contribution in [1.82, 2.24) is 5.32 Å². The monoisotopic (exact) mass is 213 g/mol. The molecular formula is C13H27NO. The predicted molar refractivity (Wildman–Crippen MR) is 65.8 cm³/mol. The average Bonchev–Trinajstić information content (AvgIpc) is 2.16. The van der Waals surface area contributed by atoms with Crippen LogP contribution in [-0.4, -0.2) is 12.5 Å². The second-order valence-electron chi connectivity index (χ2n) is 4.75. The summed E-state index contributed by atoms with van der Waals surface area (Å²) in [6.07, 6.45) is 5.34. The molecule has 0 radical (unpaired) electrons. The van der Waals surface area contributed by atoms with E-state index in [0.717, 1.165) is 38.6 Å². The van der Waals surface area contributed by atoms with Gasteiger partial charge in [-0.25, -0.2) is 0 Å². The average molecular weight is 213 g/mol. The number of hydrogen-bond donors (Lipinski definition) is 1. The van der Waals surface area contributed by atoms with Crippen LogP contribution in [0.2, 0.25) is 0 Å². The SMILES string of the molecule is CCCC(CCC)C(=O)NCCC(C)C. The number of nitrogens with one attached hydrogen (secondary N) is 1. The standard InChI is InChI=1S/C13H27NO/c1-5-7-12(8-6-2)13(15)14-10-9-11(3)4/h11-12H,5-10H2,1-4H3,(H,14,15). The highest BCUT2D eigenvalue weighted by Gasteiger charge is 2.15. The molecule has 1 N–H and O–H groups in total. The smallest absolute Gasteiger partial charge is 0.223 e. The Morgan fingerprint density at radius 3 is 2.00 bits per heavy atom. The molecule has 0 rings (SSSR count). The zero-order valence-electron chi connectivity index (χ0n) is 10.8. The van der Waals surface area contributed by atoms with E-state index >= 15 is 0 Å². The van der Waals surface area contributed by atoms with E-state index in [2.05, 4.69) is 33.0 Å². The number of carbonyl (C=O) groups is 1. The molecule has 0 bridgehead atoms. The van der Waals surface area contributed by atoms with Crippen LogP contribution < -0.4 is 5.32 Å². The topological polar surface area (TPSA) is 29.1 Å². The van der Waals surface area contributed by atoms with Crippen molar-refractivity contribution in [3.05, 3.63) is 0 Å². The highest BCUT2D eigenvalue weighted by molar-refractivity contribution is 5.78. The first-order valence-electron chi connectivity index (χ1n) is 6.39. The molecule has 0 aliphatic heterocycles. The molecule has 0 aliphatic carbocycles. The van der Waals surface area contributed by atoms with Crippen LogP contribution in [0.4, 0.5) is 0 Å². The van der Waals surface area contributed by atoms with Crippen LogP contribution in [-0.2, 0) is 4.79 Å². The van der Waals surface area contributed by atoms with Crippen LogP contribution in [0, 0.1) is 11.8 Å². The second-order valence-corrected chi connectivity index (χ2v) is 4.75. The Morgan fingerprint density at radius 2 is 1.60 bits per heavy atom. The van der Waals surface area contributed by atoms with Crippen LogP contribution in [0.3, 0.4) is 0 Å². The third-order valence-corrected chi connectivity index (χ3v) is 2.67. The molecule has 0 aromatic heterocycles. The summed E-state index contributed by atoms with van der Waals surface area (Å²) in [5.74, 6) is 1.17. The lowest BCUT2D eigenvalue weighted by molar-refractivity contribution is -0.125. The quantitative estimate of drug-likeness (QED) is 0.658. The van der Waals surface area contributed by atoms with Gasteiger partial charge < -0.3 is 5.32 Å². The highest BCUT2D eigenvalue weighted by Crippen LogP contribution is 2.13. The summed E-state index contributed by atoms with van der Waals surface area (Å²) in [4.78, 5) is 11.8. The Bertz CT molecular complexity index is 160. The minimum absolute atomic E-state index is 0.243. The Kier molecular flexibility index (Phi) is 8.44. The molecule has 0 aromatic rings. The number of rotatable bonds is 8. The van der Waals surface area contributed by atoms with Crippen molar-refractivity contribution in [3.63, 3.8) is 0 Å². The second kappa shape index (κ2) is 8.75. The maximum Gasteiger partial charge on any atom is 0.223 e. The maximum absolute atomic E-state index is 11.8. The molecule has 0 spiro atoms. The van der Waals surface area contributed by atoms with Crippen LogP contribution in [0.15, 0.2) is 0 Å². The van der Waals surface area contributed by atoms with E-state index in [4.69, 9.17) is 0 Å². The van der Waals surface area contributed by atoms with Gasteiger partial charge >= 0.3 is 0 Å². The van der Waals surface area contributed by atoms with Crippen molar-refractivity contribution in [2.45, 2.75) is 59.8 Å². The van der Waals surface area contributed by atoms with Crippen LogP contribution >= 0.6 is 0 Å². The van der Waals surface area contributed by atoms with E-state index in [1.165, 1.54) is 0 Å². The highest BCUT2D eigenvalue weighted by atomic mass is 16.1. The summed E-state index contributed by atoms with van der Waals surface area (Å²) in [7, 11) is 0. The van der Waals surface area contributed by atoms with Gasteiger partial charge in [0.1, 0.15) is 0 Å². The molecule has 0 aromatic carbocycles. The van der Waals surface area contributed by atoms with Crippen molar-refractivity contribution in [2.75, 3.05) is 6.54 Å². The molecule has 0 fully saturated rings. The van der Waals surface area contributed by atoms with Gasteiger partial charge in [-0.05, 0) is 25.2 Å². The molecular weight excluding hydrogens is 186 g/mol. The first kappa shape index (κ1) is 14.5. The van der Waals surface area contributed by atoms with E-state index in [9.17, 15) is 4.79 Å². The summed E-state index contributed by atoms with van der Waals surface area (Å²) in [6.45, 7) is 9.48. The molecule has 0 atom stereocenters. The molecule has 15 heavy (non-hydrogen) atoms. The van der Waals surface area contributed by atoms with Crippen molar-refractivity contribution in [3.8, 4) is 0 Å². The zero-order valence-corrected chi connectivity index (χ0v) is 10.8. The number of amides is 1. The Labute approximate surface area is 94.8 Å². The normalized spacial score (nSPS) is 11.1. The summed E-state index contributed by atoms with van der Waals surface area (Å²) in [5.41, 5.74) is 0. The molecule has 1 amide bonds. The van der Waals surface area contributed by atoms with Gasteiger partial charge in [-0.2, -0.15) is 0 Å². The molecule has 0 aliphatic rings. The van der Waals surface area contributed by atoms with E-state index in [1.807, 2.05) is 0 Å². The molecule has 0 saturated carbocycles. The largest absolute Gasteiger partial charge is 0.356 e. The van der Waals surface area contributed by atoms with E-state index in [-0.39, 0.29) is 11.8 Å². The maximum atomic E-state index is 11.8. The molecule has 0 unspecified atom stereocenters. The van der Waals surface area contributed by atoms with E-state index in [1.54, 1.807) is 0 Å². The van der Waals surface area contributed by atoms with Gasteiger partial charge in [-0.1, -0.05) is 40.5 Å². The van der Waals surface area contributed by atoms with Crippen LogP contribution in [0.5, 0.6) is 0 Å². The molecule has 2 nitrogen and oxygen atoms in total. The van der Waals surface area contributed by atoms with Gasteiger partial charge in [0.2, 0.25) is 5.91 Å². The van der Waals surface area contributed by atoms with Gasteiger partial charge in [0.25, 0.3) is 0 Å². The first-order valence-corrected chi connectivity index (χ1v) is 6.39. The van der Waals surface area contributed by atoms with Gasteiger partial charge in [-0.15, -0.1) is 0 Å². The number of hydrogen-bond acceptors (Lipinski definition) is 1. The van der Waals surface area contributed by atoms with Crippen molar-refractivity contribution < 1.29 is 4.79 Å². The fourth-order valence-electron chi connectivity index (χ4n) is 1.73. The molecule has 2 heteroatoms. The molecule has 0 saturated heterocycles. The molecule has 90 valence electrons. The third kappa shape index (κ3) is 7.40. The zero-order chi connectivity index (χ0) is 11.7. The van der Waals surface area contributed by atoms with E-state index < -0.39 is 0 Å². The van der Waals surface area contributed by atoms with Gasteiger partial charge in [0.15, 0.2) is 0 Å². The fraction of sp³-hybridized carbons (Fsp3) is 0.923.